The van der Waals surface area contributed by atoms with Crippen LogP contribution >= 0.6 is 0 Å². The number of carbonyl (C=O) groups is 1. The first kappa shape index (κ1) is 23.2. The Morgan fingerprint density at radius 2 is 2.03 bits per heavy atom. The van der Waals surface area contributed by atoms with Gasteiger partial charge in [0.1, 0.15) is 0 Å². The molecular weight excluding hydrogens is 378 g/mol. The fraction of sp³-hybridized carbons (Fsp3) is 0.720. The van der Waals surface area contributed by atoms with E-state index in [1.165, 1.54) is 5.57 Å². The SMILES string of the molecule is CC(/C=C/C1CC2(CCO1)CO2)=C\CC1OC(C)C(NC(=O)/C=C\C(C)C)CC1C. The highest BCUT2D eigenvalue weighted by molar-refractivity contribution is 5.87. The molecule has 0 aromatic rings. The maximum absolute atomic E-state index is 12.1. The number of allylic oxidation sites excluding steroid dienone is 3. The minimum atomic E-state index is -0.0287. The van der Waals surface area contributed by atoms with Crippen molar-refractivity contribution >= 4 is 5.91 Å². The average Bonchev–Trinajstić information content (AvgIpc) is 3.44. The fourth-order valence-corrected chi connectivity index (χ4v) is 4.26. The lowest BCUT2D eigenvalue weighted by atomic mass is 9.88. The number of nitrogens with one attached hydrogen (secondary N) is 1. The Bertz CT molecular complexity index is 677. The first-order chi connectivity index (χ1) is 14.3. The summed E-state index contributed by atoms with van der Waals surface area (Å²) in [7, 11) is 0. The quantitative estimate of drug-likeness (QED) is 0.380. The van der Waals surface area contributed by atoms with Crippen molar-refractivity contribution in [2.45, 2.75) is 90.3 Å². The highest BCUT2D eigenvalue weighted by atomic mass is 16.6. The van der Waals surface area contributed by atoms with Gasteiger partial charge in [-0.25, -0.2) is 0 Å². The largest absolute Gasteiger partial charge is 0.374 e. The Hall–Kier alpha value is -1.43. The van der Waals surface area contributed by atoms with Crippen LogP contribution in [0.25, 0.3) is 0 Å². The molecule has 0 aromatic heterocycles. The number of carbonyl (C=O) groups excluding carboxylic acids is 1. The van der Waals surface area contributed by atoms with E-state index in [1.807, 2.05) is 6.08 Å². The van der Waals surface area contributed by atoms with Crippen LogP contribution in [-0.4, -0.2) is 49.1 Å². The summed E-state index contributed by atoms with van der Waals surface area (Å²) in [4.78, 5) is 12.1. The lowest BCUT2D eigenvalue weighted by Crippen LogP contribution is -2.50. The van der Waals surface area contributed by atoms with Crippen LogP contribution in [0.5, 0.6) is 0 Å². The van der Waals surface area contributed by atoms with Gasteiger partial charge in [-0.15, -0.1) is 0 Å². The number of hydrogen-bond donors (Lipinski definition) is 1. The zero-order chi connectivity index (χ0) is 21.7. The van der Waals surface area contributed by atoms with E-state index in [9.17, 15) is 4.79 Å². The zero-order valence-corrected chi connectivity index (χ0v) is 19.2. The highest BCUT2D eigenvalue weighted by Crippen LogP contribution is 2.39. The Morgan fingerprint density at radius 1 is 1.27 bits per heavy atom. The van der Waals surface area contributed by atoms with Crippen LogP contribution in [0.15, 0.2) is 36.0 Å². The lowest BCUT2D eigenvalue weighted by Gasteiger charge is -2.39. The van der Waals surface area contributed by atoms with Crippen LogP contribution in [0, 0.1) is 11.8 Å². The lowest BCUT2D eigenvalue weighted by molar-refractivity contribution is -0.123. The van der Waals surface area contributed by atoms with Crippen LogP contribution in [0.4, 0.5) is 0 Å². The molecule has 0 saturated carbocycles. The van der Waals surface area contributed by atoms with Crippen LogP contribution < -0.4 is 5.32 Å². The second-order valence-electron chi connectivity index (χ2n) is 9.69. The first-order valence-electron chi connectivity index (χ1n) is 11.5. The monoisotopic (exact) mass is 417 g/mol. The first-order valence-corrected chi connectivity index (χ1v) is 11.5. The maximum atomic E-state index is 12.1. The Labute approximate surface area is 181 Å². The summed E-state index contributed by atoms with van der Waals surface area (Å²) in [5, 5.41) is 3.11. The van der Waals surface area contributed by atoms with E-state index in [0.717, 1.165) is 38.9 Å². The maximum Gasteiger partial charge on any atom is 0.243 e. The molecule has 3 aliphatic heterocycles. The van der Waals surface area contributed by atoms with Gasteiger partial charge in [-0.1, -0.05) is 50.6 Å². The Kier molecular flexibility index (Phi) is 7.94. The van der Waals surface area contributed by atoms with Crippen LogP contribution in [0.2, 0.25) is 0 Å². The zero-order valence-electron chi connectivity index (χ0n) is 19.2. The average molecular weight is 418 g/mol. The van der Waals surface area contributed by atoms with Crippen molar-refractivity contribution in [3.8, 4) is 0 Å². The minimum Gasteiger partial charge on any atom is -0.374 e. The van der Waals surface area contributed by atoms with Gasteiger partial charge in [0.05, 0.1) is 43.2 Å². The Morgan fingerprint density at radius 3 is 2.73 bits per heavy atom. The molecule has 0 aromatic carbocycles. The van der Waals surface area contributed by atoms with Crippen molar-refractivity contribution in [3.63, 3.8) is 0 Å². The molecule has 30 heavy (non-hydrogen) atoms. The molecule has 1 spiro atoms. The van der Waals surface area contributed by atoms with Gasteiger partial charge in [0.2, 0.25) is 5.91 Å². The van der Waals surface area contributed by atoms with Crippen molar-refractivity contribution in [1.29, 1.82) is 0 Å². The van der Waals surface area contributed by atoms with Crippen molar-refractivity contribution in [2.75, 3.05) is 13.2 Å². The van der Waals surface area contributed by atoms with Gasteiger partial charge in [0, 0.05) is 12.8 Å². The van der Waals surface area contributed by atoms with E-state index < -0.39 is 0 Å². The molecule has 6 atom stereocenters. The van der Waals surface area contributed by atoms with Gasteiger partial charge >= 0.3 is 0 Å². The van der Waals surface area contributed by atoms with Crippen molar-refractivity contribution in [2.24, 2.45) is 11.8 Å². The molecule has 0 bridgehead atoms. The molecule has 1 amide bonds. The predicted molar refractivity (Wildman–Crippen MR) is 119 cm³/mol. The molecule has 168 valence electrons. The third-order valence-electron chi connectivity index (χ3n) is 6.44. The molecule has 3 heterocycles. The number of hydrogen-bond acceptors (Lipinski definition) is 4. The molecule has 3 fully saturated rings. The van der Waals surface area contributed by atoms with Crippen molar-refractivity contribution in [1.82, 2.24) is 5.32 Å². The molecule has 0 aliphatic carbocycles. The van der Waals surface area contributed by atoms with Crippen LogP contribution in [0.3, 0.4) is 0 Å². The summed E-state index contributed by atoms with van der Waals surface area (Å²) in [6.45, 7) is 12.2. The van der Waals surface area contributed by atoms with Crippen LogP contribution in [-0.2, 0) is 19.0 Å². The summed E-state index contributed by atoms with van der Waals surface area (Å²) in [5.74, 6) is 0.733. The van der Waals surface area contributed by atoms with Gasteiger partial charge < -0.3 is 19.5 Å². The van der Waals surface area contributed by atoms with E-state index in [2.05, 4.69) is 58.2 Å². The molecule has 5 nitrogen and oxygen atoms in total. The standard InChI is InChI=1S/C25H39NO4/c1-17(2)6-11-24(27)26-22-14-19(4)23(30-20(22)5)10-8-18(3)7-9-21-15-25(16-29-25)12-13-28-21/h6-9,11,17,19-23H,10,12-16H2,1-5H3,(H,26,27)/b9-7+,11-6-,18-8+. The van der Waals surface area contributed by atoms with Gasteiger partial charge in [0.25, 0.3) is 0 Å². The summed E-state index contributed by atoms with van der Waals surface area (Å²) in [5.41, 5.74) is 1.34. The molecule has 5 heteroatoms. The van der Waals surface area contributed by atoms with Crippen LogP contribution in [0.1, 0.15) is 60.3 Å². The van der Waals surface area contributed by atoms with Crippen molar-refractivity contribution in [3.05, 3.63) is 36.0 Å². The van der Waals surface area contributed by atoms with E-state index in [4.69, 9.17) is 14.2 Å². The number of epoxide rings is 1. The van der Waals surface area contributed by atoms with Gasteiger partial charge in [-0.05, 0) is 44.6 Å². The summed E-state index contributed by atoms with van der Waals surface area (Å²) >= 11 is 0. The summed E-state index contributed by atoms with van der Waals surface area (Å²) in [6.07, 6.45) is 14.3. The number of amides is 1. The van der Waals surface area contributed by atoms with E-state index in [-0.39, 0.29) is 35.9 Å². The third-order valence-corrected chi connectivity index (χ3v) is 6.44. The number of rotatable bonds is 7. The second kappa shape index (κ2) is 10.3. The molecule has 3 saturated heterocycles. The molecule has 3 aliphatic rings. The smallest absolute Gasteiger partial charge is 0.243 e. The topological polar surface area (TPSA) is 60.1 Å². The normalized spacial score (nSPS) is 37.4. The van der Waals surface area contributed by atoms with Crippen molar-refractivity contribution < 1.29 is 19.0 Å². The molecule has 6 unspecified atom stereocenters. The fourth-order valence-electron chi connectivity index (χ4n) is 4.26. The molecule has 0 radical (unpaired) electrons. The van der Waals surface area contributed by atoms with E-state index in [0.29, 0.717) is 11.8 Å². The number of ether oxygens (including phenoxy) is 3. The summed E-state index contributed by atoms with van der Waals surface area (Å²) in [6, 6.07) is 0.0611. The predicted octanol–water partition coefficient (Wildman–Crippen LogP) is 4.34. The minimum absolute atomic E-state index is 0.0113. The molecule has 3 rings (SSSR count). The second-order valence-corrected chi connectivity index (χ2v) is 9.69. The summed E-state index contributed by atoms with van der Waals surface area (Å²) < 4.78 is 17.7. The van der Waals surface area contributed by atoms with E-state index >= 15 is 0 Å². The van der Waals surface area contributed by atoms with Gasteiger partial charge in [-0.2, -0.15) is 0 Å². The highest BCUT2D eigenvalue weighted by Gasteiger charge is 2.48. The van der Waals surface area contributed by atoms with Gasteiger partial charge in [-0.3, -0.25) is 4.79 Å². The van der Waals surface area contributed by atoms with E-state index in [1.54, 1.807) is 6.08 Å². The third kappa shape index (κ3) is 6.79. The van der Waals surface area contributed by atoms with Gasteiger partial charge in [0.15, 0.2) is 0 Å². The molecular formula is C25H39NO4. The molecule has 1 N–H and O–H groups in total. The Balaban J connectivity index is 1.45.